The Morgan fingerprint density at radius 3 is 2.57 bits per heavy atom. The Morgan fingerprint density at radius 1 is 1.22 bits per heavy atom. The van der Waals surface area contributed by atoms with Gasteiger partial charge in [-0.3, -0.25) is 4.79 Å². The highest BCUT2D eigenvalue weighted by Crippen LogP contribution is 2.34. The maximum absolute atomic E-state index is 11.9. The zero-order valence-electron chi connectivity index (χ0n) is 13.5. The van der Waals surface area contributed by atoms with Gasteiger partial charge in [0.05, 0.1) is 0 Å². The van der Waals surface area contributed by atoms with Gasteiger partial charge in [-0.15, -0.1) is 0 Å². The van der Waals surface area contributed by atoms with Gasteiger partial charge in [0, 0.05) is 25.2 Å². The molecule has 0 radical (unpaired) electrons. The van der Waals surface area contributed by atoms with Crippen molar-refractivity contribution in [2.75, 3.05) is 4.90 Å². The molecule has 0 bridgehead atoms. The van der Waals surface area contributed by atoms with Crippen molar-refractivity contribution in [3.05, 3.63) is 53.6 Å². The topological polar surface area (TPSA) is 52.6 Å². The highest BCUT2D eigenvalue weighted by atomic mass is 16.5. The molecule has 4 nitrogen and oxygen atoms in total. The number of hydrogen-bond donors (Lipinski definition) is 2. The van der Waals surface area contributed by atoms with Gasteiger partial charge in [0.25, 0.3) is 0 Å². The smallest absolute Gasteiger partial charge is 0.224 e. The molecule has 2 aromatic carbocycles. The number of hydroxylamine groups is 1. The summed E-state index contributed by atoms with van der Waals surface area (Å²) >= 11 is 0. The number of benzene rings is 2. The van der Waals surface area contributed by atoms with Crippen molar-refractivity contribution >= 4 is 11.6 Å². The minimum absolute atomic E-state index is 0.104. The van der Waals surface area contributed by atoms with Gasteiger partial charge in [-0.05, 0) is 54.2 Å². The van der Waals surface area contributed by atoms with E-state index in [0.29, 0.717) is 6.54 Å². The third-order valence-corrected chi connectivity index (χ3v) is 4.52. The summed E-state index contributed by atoms with van der Waals surface area (Å²) < 4.78 is 0. The van der Waals surface area contributed by atoms with Gasteiger partial charge in [-0.2, -0.15) is 0 Å². The summed E-state index contributed by atoms with van der Waals surface area (Å²) in [5.74, 6) is 0.104. The molecule has 0 aromatic heterocycles. The number of carbonyl (C=O) groups excluding carboxylic acids is 1. The van der Waals surface area contributed by atoms with Crippen LogP contribution in [0.3, 0.4) is 0 Å². The fraction of sp³-hybridized carbons (Fsp3) is 0.316. The van der Waals surface area contributed by atoms with E-state index in [2.05, 4.69) is 42.7 Å². The zero-order valence-corrected chi connectivity index (χ0v) is 13.5. The number of rotatable bonds is 3. The van der Waals surface area contributed by atoms with Crippen LogP contribution in [0.15, 0.2) is 42.5 Å². The van der Waals surface area contributed by atoms with Gasteiger partial charge in [0.1, 0.15) is 0 Å². The highest BCUT2D eigenvalue weighted by molar-refractivity contribution is 5.94. The molecule has 3 rings (SSSR count). The van der Waals surface area contributed by atoms with Gasteiger partial charge in [-0.1, -0.05) is 30.3 Å². The second-order valence-electron chi connectivity index (χ2n) is 6.15. The van der Waals surface area contributed by atoms with Crippen molar-refractivity contribution in [3.63, 3.8) is 0 Å². The Balaban J connectivity index is 1.93. The largest absolute Gasteiger partial charge is 0.316 e. The molecule has 0 spiro atoms. The summed E-state index contributed by atoms with van der Waals surface area (Å²) in [6, 6.07) is 14.7. The second-order valence-corrected chi connectivity index (χ2v) is 6.15. The number of hydrogen-bond acceptors (Lipinski definition) is 3. The molecule has 1 aliphatic heterocycles. The lowest BCUT2D eigenvalue weighted by Gasteiger charge is -2.34. The zero-order chi connectivity index (χ0) is 16.4. The predicted octanol–water partition coefficient (Wildman–Crippen LogP) is 3.52. The van der Waals surface area contributed by atoms with E-state index in [4.69, 9.17) is 5.21 Å². The van der Waals surface area contributed by atoms with Crippen LogP contribution in [-0.2, 0) is 17.8 Å². The maximum atomic E-state index is 11.9. The molecule has 2 N–H and O–H groups in total. The van der Waals surface area contributed by atoms with E-state index in [1.807, 2.05) is 17.0 Å². The molecule has 0 unspecified atom stereocenters. The predicted molar refractivity (Wildman–Crippen MR) is 91.4 cm³/mol. The third kappa shape index (κ3) is 3.14. The first-order valence-electron chi connectivity index (χ1n) is 7.99. The SMILES string of the molecule is CC(=O)N1c2ccc(-c3ccc(CNO)cc3)cc2CC[C@@H]1C. The first kappa shape index (κ1) is 15.7. The Morgan fingerprint density at radius 2 is 1.91 bits per heavy atom. The van der Waals surface area contributed by atoms with E-state index >= 15 is 0 Å². The summed E-state index contributed by atoms with van der Waals surface area (Å²) in [5.41, 5.74) is 7.77. The second kappa shape index (κ2) is 6.52. The van der Waals surface area contributed by atoms with Crippen LogP contribution in [0.25, 0.3) is 11.1 Å². The van der Waals surface area contributed by atoms with E-state index in [1.165, 1.54) is 5.56 Å². The van der Waals surface area contributed by atoms with Crippen molar-refractivity contribution in [2.24, 2.45) is 0 Å². The summed E-state index contributed by atoms with van der Waals surface area (Å²) in [6.07, 6.45) is 2.00. The van der Waals surface area contributed by atoms with Crippen molar-refractivity contribution in [2.45, 2.75) is 39.3 Å². The summed E-state index contributed by atoms with van der Waals surface area (Å²) in [4.78, 5) is 13.8. The van der Waals surface area contributed by atoms with Crippen LogP contribution < -0.4 is 10.4 Å². The molecule has 1 aliphatic rings. The summed E-state index contributed by atoms with van der Waals surface area (Å²) in [5, 5.41) is 8.75. The van der Waals surface area contributed by atoms with Crippen molar-refractivity contribution in [1.82, 2.24) is 5.48 Å². The number of fused-ring (bicyclic) bond motifs is 1. The Bertz CT molecular complexity index is 710. The number of carbonyl (C=O) groups is 1. The van der Waals surface area contributed by atoms with E-state index in [9.17, 15) is 4.79 Å². The Labute approximate surface area is 136 Å². The average molecular weight is 310 g/mol. The average Bonchev–Trinajstić information content (AvgIpc) is 2.55. The quantitative estimate of drug-likeness (QED) is 0.853. The normalized spacial score (nSPS) is 17.0. The fourth-order valence-electron chi connectivity index (χ4n) is 3.32. The van der Waals surface area contributed by atoms with Gasteiger partial charge in [0.2, 0.25) is 5.91 Å². The molecule has 2 aromatic rings. The molecule has 23 heavy (non-hydrogen) atoms. The molecule has 120 valence electrons. The van der Waals surface area contributed by atoms with Gasteiger partial charge in [-0.25, -0.2) is 5.48 Å². The van der Waals surface area contributed by atoms with Crippen molar-refractivity contribution in [1.29, 1.82) is 0 Å². The molecule has 0 fully saturated rings. The molecule has 1 amide bonds. The highest BCUT2D eigenvalue weighted by Gasteiger charge is 2.26. The molecular formula is C19H22N2O2. The van der Waals surface area contributed by atoms with Crippen LogP contribution in [0.1, 0.15) is 31.4 Å². The number of aryl methyl sites for hydroxylation is 1. The lowest BCUT2D eigenvalue weighted by atomic mass is 9.93. The van der Waals surface area contributed by atoms with Crippen molar-refractivity contribution < 1.29 is 10.0 Å². The van der Waals surface area contributed by atoms with E-state index < -0.39 is 0 Å². The van der Waals surface area contributed by atoms with Gasteiger partial charge >= 0.3 is 0 Å². The standard InChI is InChI=1S/C19H22N2O2/c1-13-3-6-18-11-17(9-10-19(18)21(13)14(2)22)16-7-4-15(5-8-16)12-20-23/h4-5,7-11,13,20,23H,3,6,12H2,1-2H3/t13-/m0/s1. The molecule has 0 aliphatic carbocycles. The lowest BCUT2D eigenvalue weighted by molar-refractivity contribution is -0.117. The first-order valence-corrected chi connectivity index (χ1v) is 7.99. The van der Waals surface area contributed by atoms with E-state index in [0.717, 1.165) is 35.2 Å². The Kier molecular flexibility index (Phi) is 4.46. The first-order chi connectivity index (χ1) is 11.1. The van der Waals surface area contributed by atoms with E-state index in [1.54, 1.807) is 6.92 Å². The maximum Gasteiger partial charge on any atom is 0.224 e. The lowest BCUT2D eigenvalue weighted by Crippen LogP contribution is -2.40. The number of nitrogens with one attached hydrogen (secondary N) is 1. The number of amides is 1. The van der Waals surface area contributed by atoms with Crippen LogP contribution in [0.4, 0.5) is 5.69 Å². The molecule has 1 atom stereocenters. The monoisotopic (exact) mass is 310 g/mol. The van der Waals surface area contributed by atoms with Crippen LogP contribution in [-0.4, -0.2) is 17.2 Å². The van der Waals surface area contributed by atoms with Crippen LogP contribution in [0, 0.1) is 0 Å². The summed E-state index contributed by atoms with van der Waals surface area (Å²) in [7, 11) is 0. The molecular weight excluding hydrogens is 288 g/mol. The number of anilines is 1. The molecule has 0 saturated heterocycles. The summed E-state index contributed by atoms with van der Waals surface area (Å²) in [6.45, 7) is 4.18. The fourth-order valence-corrected chi connectivity index (χ4v) is 3.32. The van der Waals surface area contributed by atoms with Crippen molar-refractivity contribution in [3.8, 4) is 11.1 Å². The number of nitrogens with zero attached hydrogens (tertiary/aromatic N) is 1. The van der Waals surface area contributed by atoms with Crippen LogP contribution >= 0.6 is 0 Å². The molecule has 4 heteroatoms. The van der Waals surface area contributed by atoms with Crippen LogP contribution in [0.5, 0.6) is 0 Å². The minimum Gasteiger partial charge on any atom is -0.316 e. The Hall–Kier alpha value is -2.17. The van der Waals surface area contributed by atoms with E-state index in [-0.39, 0.29) is 11.9 Å². The third-order valence-electron chi connectivity index (χ3n) is 4.52. The minimum atomic E-state index is 0.104. The molecule has 0 saturated carbocycles. The van der Waals surface area contributed by atoms with Crippen LogP contribution in [0.2, 0.25) is 0 Å². The molecule has 1 heterocycles. The van der Waals surface area contributed by atoms with Gasteiger partial charge < -0.3 is 10.1 Å². The van der Waals surface area contributed by atoms with Gasteiger partial charge in [0.15, 0.2) is 0 Å².